The lowest BCUT2D eigenvalue weighted by Gasteiger charge is -2.31. The first kappa shape index (κ1) is 22.8. The molecule has 0 atom stereocenters. The first-order chi connectivity index (χ1) is 14.3. The molecule has 1 fully saturated rings. The van der Waals surface area contributed by atoms with E-state index in [0.29, 0.717) is 48.7 Å². The Balaban J connectivity index is 1.60. The summed E-state index contributed by atoms with van der Waals surface area (Å²) in [6, 6.07) is 3.46. The van der Waals surface area contributed by atoms with Crippen molar-refractivity contribution in [3.8, 4) is 0 Å². The van der Waals surface area contributed by atoms with E-state index in [1.165, 1.54) is 16.1 Å². The van der Waals surface area contributed by atoms with Gasteiger partial charge in [-0.2, -0.15) is 0 Å². The third-order valence-corrected chi connectivity index (χ3v) is 8.30. The second-order valence-corrected chi connectivity index (χ2v) is 10.5. The number of aryl methyl sites for hydroxylation is 2. The summed E-state index contributed by atoms with van der Waals surface area (Å²) < 4.78 is 31.2. The minimum Gasteiger partial charge on any atom is -0.361 e. The smallest absolute Gasteiger partial charge is 0.254 e. The molecule has 0 saturated carbocycles. The Hall–Kier alpha value is -1.91. The van der Waals surface area contributed by atoms with Gasteiger partial charge in [-0.15, -0.1) is 11.8 Å². The molecular weight excluding hydrogens is 424 g/mol. The van der Waals surface area contributed by atoms with Crippen molar-refractivity contribution in [3.05, 3.63) is 40.9 Å². The van der Waals surface area contributed by atoms with Crippen LogP contribution < -0.4 is 5.32 Å². The minimum atomic E-state index is -3.19. The molecule has 3 rings (SSSR count). The Labute approximate surface area is 181 Å². The molecule has 1 saturated heterocycles. The van der Waals surface area contributed by atoms with Crippen LogP contribution in [0.5, 0.6) is 0 Å². The maximum absolute atomic E-state index is 12.9. The van der Waals surface area contributed by atoms with Crippen molar-refractivity contribution in [1.29, 1.82) is 0 Å². The van der Waals surface area contributed by atoms with E-state index in [4.69, 9.17) is 4.52 Å². The molecule has 1 amide bonds. The molecule has 1 aliphatic rings. The molecule has 0 radical (unpaired) electrons. The van der Waals surface area contributed by atoms with E-state index in [1.807, 2.05) is 20.8 Å². The highest BCUT2D eigenvalue weighted by Gasteiger charge is 2.28. The number of piperidine rings is 1. The first-order valence-corrected chi connectivity index (χ1v) is 12.7. The van der Waals surface area contributed by atoms with E-state index >= 15 is 0 Å². The number of hydrogen-bond acceptors (Lipinski definition) is 7. The predicted molar refractivity (Wildman–Crippen MR) is 116 cm³/mol. The lowest BCUT2D eigenvalue weighted by Crippen LogP contribution is -2.47. The molecule has 30 heavy (non-hydrogen) atoms. The summed E-state index contributed by atoms with van der Waals surface area (Å²) in [5.74, 6) is 1.38. The fourth-order valence-electron chi connectivity index (χ4n) is 3.46. The van der Waals surface area contributed by atoms with E-state index in [-0.39, 0.29) is 17.7 Å². The number of pyridine rings is 1. The molecule has 1 aliphatic heterocycles. The van der Waals surface area contributed by atoms with Gasteiger partial charge in [0.15, 0.2) is 0 Å². The van der Waals surface area contributed by atoms with E-state index < -0.39 is 10.0 Å². The van der Waals surface area contributed by atoms with Crippen LogP contribution in [0.1, 0.15) is 53.6 Å². The highest BCUT2D eigenvalue weighted by molar-refractivity contribution is 7.98. The summed E-state index contributed by atoms with van der Waals surface area (Å²) in [6.45, 7) is 6.50. The molecule has 0 aliphatic carbocycles. The highest BCUT2D eigenvalue weighted by atomic mass is 32.2. The molecule has 0 bridgehead atoms. The van der Waals surface area contributed by atoms with Crippen LogP contribution >= 0.6 is 11.8 Å². The number of carbonyl (C=O) groups excluding carboxylic acids is 1. The number of carbonyl (C=O) groups is 1. The van der Waals surface area contributed by atoms with Crippen molar-refractivity contribution < 1.29 is 17.7 Å². The van der Waals surface area contributed by atoms with Crippen molar-refractivity contribution in [3.63, 3.8) is 0 Å². The van der Waals surface area contributed by atoms with Crippen molar-refractivity contribution in [2.45, 2.75) is 56.9 Å². The first-order valence-electron chi connectivity index (χ1n) is 10.1. The zero-order valence-electron chi connectivity index (χ0n) is 17.6. The van der Waals surface area contributed by atoms with Crippen LogP contribution in [0.3, 0.4) is 0 Å². The third-order valence-electron chi connectivity index (χ3n) is 5.19. The van der Waals surface area contributed by atoms with Gasteiger partial charge in [0.05, 0.1) is 17.0 Å². The standard InChI is InChI=1S/C20H28N4O4S2/c1-4-12-30(26,27)24-10-7-16(8-11-24)22-19(25)17-6-5-9-21-20(17)29-13-18-14(2)23-28-15(18)3/h5-6,9,16H,4,7-8,10-13H2,1-3H3,(H,22,25). The third kappa shape index (κ3) is 5.41. The lowest BCUT2D eigenvalue weighted by molar-refractivity contribution is 0.0920. The largest absolute Gasteiger partial charge is 0.361 e. The molecular formula is C20H28N4O4S2. The molecule has 0 aromatic carbocycles. The minimum absolute atomic E-state index is 0.0498. The molecule has 1 N–H and O–H groups in total. The average Bonchev–Trinajstić information content (AvgIpc) is 3.04. The van der Waals surface area contributed by atoms with Gasteiger partial charge < -0.3 is 9.84 Å². The summed E-state index contributed by atoms with van der Waals surface area (Å²) in [7, 11) is -3.19. The molecule has 2 aromatic heterocycles. The van der Waals surface area contributed by atoms with Crippen LogP contribution in [0.2, 0.25) is 0 Å². The van der Waals surface area contributed by atoms with Crippen LogP contribution in [-0.2, 0) is 15.8 Å². The topological polar surface area (TPSA) is 105 Å². The lowest BCUT2D eigenvalue weighted by atomic mass is 10.1. The Kier molecular flexibility index (Phi) is 7.54. The van der Waals surface area contributed by atoms with Gasteiger partial charge in [-0.25, -0.2) is 17.7 Å². The molecule has 3 heterocycles. The fourth-order valence-corrected chi connectivity index (χ4v) is 6.14. The van der Waals surface area contributed by atoms with Gasteiger partial charge in [-0.05, 0) is 45.2 Å². The Morgan fingerprint density at radius 1 is 1.33 bits per heavy atom. The van der Waals surface area contributed by atoms with E-state index in [0.717, 1.165) is 17.0 Å². The van der Waals surface area contributed by atoms with Gasteiger partial charge in [-0.3, -0.25) is 4.79 Å². The van der Waals surface area contributed by atoms with Crippen LogP contribution in [0.25, 0.3) is 0 Å². The number of hydrogen-bond donors (Lipinski definition) is 1. The number of rotatable bonds is 8. The van der Waals surface area contributed by atoms with Gasteiger partial charge in [0.2, 0.25) is 10.0 Å². The number of nitrogens with one attached hydrogen (secondary N) is 1. The van der Waals surface area contributed by atoms with E-state index in [9.17, 15) is 13.2 Å². The Morgan fingerprint density at radius 2 is 2.07 bits per heavy atom. The normalized spacial score (nSPS) is 16.0. The second-order valence-electron chi connectivity index (χ2n) is 7.41. The number of amides is 1. The summed E-state index contributed by atoms with van der Waals surface area (Å²) in [6.07, 6.45) is 3.49. The molecule has 2 aromatic rings. The van der Waals surface area contributed by atoms with Crippen LogP contribution in [0, 0.1) is 13.8 Å². The second kappa shape index (κ2) is 9.93. The van der Waals surface area contributed by atoms with E-state index in [1.54, 1.807) is 18.3 Å². The Morgan fingerprint density at radius 3 is 2.70 bits per heavy atom. The molecule has 8 nitrogen and oxygen atoms in total. The Bertz CT molecular complexity index is 963. The maximum Gasteiger partial charge on any atom is 0.254 e. The SMILES string of the molecule is CCCS(=O)(=O)N1CCC(NC(=O)c2cccnc2SCc2c(C)noc2C)CC1. The van der Waals surface area contributed by atoms with E-state index in [2.05, 4.69) is 15.5 Å². The predicted octanol–water partition coefficient (Wildman–Crippen LogP) is 2.91. The van der Waals surface area contributed by atoms with Crippen molar-refractivity contribution in [1.82, 2.24) is 19.8 Å². The number of thioether (sulfide) groups is 1. The summed E-state index contributed by atoms with van der Waals surface area (Å²) >= 11 is 1.47. The van der Waals surface area contributed by atoms with Gasteiger partial charge >= 0.3 is 0 Å². The molecule has 10 heteroatoms. The average molecular weight is 453 g/mol. The molecule has 0 unspecified atom stereocenters. The summed E-state index contributed by atoms with van der Waals surface area (Å²) in [4.78, 5) is 17.3. The number of nitrogens with zero attached hydrogens (tertiary/aromatic N) is 3. The van der Waals surface area contributed by atoms with Crippen LogP contribution in [0.4, 0.5) is 0 Å². The quantitative estimate of drug-likeness (QED) is 0.614. The number of sulfonamides is 1. The van der Waals surface area contributed by atoms with Gasteiger partial charge in [-0.1, -0.05) is 12.1 Å². The van der Waals surface area contributed by atoms with Crippen LogP contribution in [0.15, 0.2) is 27.9 Å². The molecule has 164 valence electrons. The maximum atomic E-state index is 12.9. The monoisotopic (exact) mass is 452 g/mol. The fraction of sp³-hybridized carbons (Fsp3) is 0.550. The number of aromatic nitrogens is 2. The van der Waals surface area contributed by atoms with Gasteiger partial charge in [0, 0.05) is 36.6 Å². The summed E-state index contributed by atoms with van der Waals surface area (Å²) in [5.41, 5.74) is 2.37. The zero-order chi connectivity index (χ0) is 21.7. The van der Waals surface area contributed by atoms with Gasteiger partial charge in [0.1, 0.15) is 10.8 Å². The van der Waals surface area contributed by atoms with Crippen molar-refractivity contribution >= 4 is 27.7 Å². The molecule has 0 spiro atoms. The summed E-state index contributed by atoms with van der Waals surface area (Å²) in [5, 5.41) is 7.67. The highest BCUT2D eigenvalue weighted by Crippen LogP contribution is 2.27. The van der Waals surface area contributed by atoms with Gasteiger partial charge in [0.25, 0.3) is 5.91 Å². The van der Waals surface area contributed by atoms with Crippen molar-refractivity contribution in [2.75, 3.05) is 18.8 Å². The zero-order valence-corrected chi connectivity index (χ0v) is 19.2. The van der Waals surface area contributed by atoms with Crippen LogP contribution in [-0.4, -0.2) is 53.7 Å². The van der Waals surface area contributed by atoms with Crippen molar-refractivity contribution in [2.24, 2.45) is 0 Å².